The van der Waals surface area contributed by atoms with E-state index in [4.69, 9.17) is 16.4 Å². The fraction of sp³-hybridized carbons (Fsp3) is 0.118. The number of benzene rings is 2. The van der Waals surface area contributed by atoms with Crippen molar-refractivity contribution in [3.05, 3.63) is 59.7 Å². The van der Waals surface area contributed by atoms with E-state index in [1.54, 1.807) is 17.8 Å². The molecule has 0 aliphatic carbocycles. The first-order chi connectivity index (χ1) is 11.1. The van der Waals surface area contributed by atoms with Crippen LogP contribution < -0.4 is 11.2 Å². The van der Waals surface area contributed by atoms with E-state index in [2.05, 4.69) is 41.7 Å². The maximum Gasteiger partial charge on any atom is 0.201 e. The van der Waals surface area contributed by atoms with Crippen molar-refractivity contribution in [3.8, 4) is 6.07 Å². The van der Waals surface area contributed by atoms with E-state index in [0.717, 1.165) is 16.3 Å². The van der Waals surface area contributed by atoms with Crippen LogP contribution in [0.4, 0.5) is 5.69 Å². The molecule has 116 valence electrons. The van der Waals surface area contributed by atoms with Crippen LogP contribution in [-0.2, 0) is 5.75 Å². The molecule has 2 aromatic rings. The predicted molar refractivity (Wildman–Crippen MR) is 95.8 cm³/mol. The lowest BCUT2D eigenvalue weighted by Crippen LogP contribution is -2.21. The molecule has 0 fully saturated rings. The minimum Gasteiger partial charge on any atom is -0.382 e. The van der Waals surface area contributed by atoms with Gasteiger partial charge >= 0.3 is 0 Å². The second kappa shape index (κ2) is 8.01. The maximum atomic E-state index is 8.87. The van der Waals surface area contributed by atoms with Crippen molar-refractivity contribution in [2.75, 3.05) is 5.43 Å². The van der Waals surface area contributed by atoms with Gasteiger partial charge in [0.05, 0.1) is 5.69 Å². The molecule has 2 rings (SSSR count). The largest absolute Gasteiger partial charge is 0.382 e. The van der Waals surface area contributed by atoms with E-state index in [9.17, 15) is 0 Å². The molecule has 0 heterocycles. The van der Waals surface area contributed by atoms with Crippen molar-refractivity contribution in [1.82, 2.24) is 0 Å². The molecule has 0 saturated heterocycles. The van der Waals surface area contributed by atoms with Crippen LogP contribution in [0.1, 0.15) is 11.1 Å². The van der Waals surface area contributed by atoms with Crippen molar-refractivity contribution in [2.45, 2.75) is 17.6 Å². The Hall–Kier alpha value is -2.78. The number of nitriles is 1. The molecular weight excluding hydrogens is 306 g/mol. The summed E-state index contributed by atoms with van der Waals surface area (Å²) in [4.78, 5) is 1.01. The number of hydrogen-bond donors (Lipinski definition) is 3. The van der Waals surface area contributed by atoms with Gasteiger partial charge in [-0.2, -0.15) is 10.4 Å². The van der Waals surface area contributed by atoms with Gasteiger partial charge in [-0.05, 0) is 24.6 Å². The molecule has 5 nitrogen and oxygen atoms in total. The number of nitrogens with one attached hydrogen (secondary N) is 2. The lowest BCUT2D eigenvalue weighted by atomic mass is 10.2. The number of rotatable bonds is 6. The molecule has 0 aliphatic rings. The van der Waals surface area contributed by atoms with E-state index >= 15 is 0 Å². The molecule has 0 radical (unpaired) electrons. The van der Waals surface area contributed by atoms with Gasteiger partial charge in [0.15, 0.2) is 5.84 Å². The third-order valence-electron chi connectivity index (χ3n) is 3.05. The average molecular weight is 323 g/mol. The van der Waals surface area contributed by atoms with Crippen LogP contribution in [0.25, 0.3) is 0 Å². The number of nitrogens with zero attached hydrogens (tertiary/aromatic N) is 2. The Kier molecular flexibility index (Phi) is 5.78. The van der Waals surface area contributed by atoms with Crippen LogP contribution >= 0.6 is 11.8 Å². The summed E-state index contributed by atoms with van der Waals surface area (Å²) in [6.07, 6.45) is 0. The number of anilines is 1. The van der Waals surface area contributed by atoms with Crippen LogP contribution in [-0.4, -0.2) is 11.5 Å². The molecule has 0 amide bonds. The highest BCUT2D eigenvalue weighted by molar-refractivity contribution is 7.98. The Bertz CT molecular complexity index is 759. The molecular formula is C17H17N5S. The standard InChI is InChI=1S/C17H17N5S/c1-12-6-8-13(9-7-12)11-23-16-5-3-2-4-14(16)21-22-15(10-18)17(19)20/h2-9,21H,11H2,1H3,(H3,19,20)/b22-15+. The van der Waals surface area contributed by atoms with E-state index in [-0.39, 0.29) is 11.5 Å². The molecule has 4 N–H and O–H groups in total. The summed E-state index contributed by atoms with van der Waals surface area (Å²) in [5, 5.41) is 20.0. The average Bonchev–Trinajstić information content (AvgIpc) is 2.55. The lowest BCUT2D eigenvalue weighted by Gasteiger charge is -2.09. The Labute approximate surface area is 139 Å². The Morgan fingerprint density at radius 2 is 1.96 bits per heavy atom. The van der Waals surface area contributed by atoms with Gasteiger partial charge in [-0.1, -0.05) is 42.0 Å². The van der Waals surface area contributed by atoms with Crippen LogP contribution in [0.5, 0.6) is 0 Å². The molecule has 2 aromatic carbocycles. The van der Waals surface area contributed by atoms with Gasteiger partial charge in [0, 0.05) is 10.6 Å². The molecule has 0 aliphatic heterocycles. The summed E-state index contributed by atoms with van der Waals surface area (Å²) in [6.45, 7) is 2.07. The molecule has 0 aromatic heterocycles. The first-order valence-electron chi connectivity index (χ1n) is 6.95. The number of para-hydroxylation sites is 1. The lowest BCUT2D eigenvalue weighted by molar-refractivity contribution is 1.27. The number of aryl methyl sites for hydroxylation is 1. The van der Waals surface area contributed by atoms with E-state index in [1.165, 1.54) is 11.1 Å². The summed E-state index contributed by atoms with van der Waals surface area (Å²) in [5.41, 5.74) is 11.2. The molecule has 0 saturated carbocycles. The first-order valence-corrected chi connectivity index (χ1v) is 7.94. The third-order valence-corrected chi connectivity index (χ3v) is 4.20. The quantitative estimate of drug-likeness (QED) is 0.328. The topological polar surface area (TPSA) is 98.0 Å². The van der Waals surface area contributed by atoms with E-state index in [0.29, 0.717) is 0 Å². The second-order valence-electron chi connectivity index (χ2n) is 4.87. The molecule has 6 heteroatoms. The Morgan fingerprint density at radius 1 is 1.26 bits per heavy atom. The number of thioether (sulfide) groups is 1. The highest BCUT2D eigenvalue weighted by Crippen LogP contribution is 2.29. The van der Waals surface area contributed by atoms with Crippen molar-refractivity contribution in [3.63, 3.8) is 0 Å². The monoisotopic (exact) mass is 323 g/mol. The molecule has 23 heavy (non-hydrogen) atoms. The fourth-order valence-electron chi connectivity index (χ4n) is 1.79. The zero-order valence-electron chi connectivity index (χ0n) is 12.7. The number of nitrogens with two attached hydrogens (primary N) is 1. The molecule has 0 spiro atoms. The normalized spacial score (nSPS) is 10.9. The fourth-order valence-corrected chi connectivity index (χ4v) is 2.75. The van der Waals surface area contributed by atoms with Gasteiger partial charge < -0.3 is 5.73 Å². The number of amidine groups is 1. The summed E-state index contributed by atoms with van der Waals surface area (Å²) in [7, 11) is 0. The summed E-state index contributed by atoms with van der Waals surface area (Å²) < 4.78 is 0. The SMILES string of the molecule is Cc1ccc(CSc2ccccc2N/N=C(\C#N)C(=N)N)cc1. The molecule has 0 atom stereocenters. The van der Waals surface area contributed by atoms with Gasteiger partial charge in [-0.15, -0.1) is 11.8 Å². The minimum atomic E-state index is -0.357. The zero-order chi connectivity index (χ0) is 16.7. The summed E-state index contributed by atoms with van der Waals surface area (Å²) in [5.74, 6) is 0.477. The van der Waals surface area contributed by atoms with Crippen LogP contribution in [0, 0.1) is 23.7 Å². The van der Waals surface area contributed by atoms with Crippen molar-refractivity contribution >= 4 is 29.0 Å². The molecule has 0 bridgehead atoms. The molecule has 0 unspecified atom stereocenters. The van der Waals surface area contributed by atoms with Gasteiger partial charge in [-0.25, -0.2) is 0 Å². The van der Waals surface area contributed by atoms with Crippen LogP contribution in [0.15, 0.2) is 58.5 Å². The van der Waals surface area contributed by atoms with E-state index in [1.807, 2.05) is 24.3 Å². The van der Waals surface area contributed by atoms with Gasteiger partial charge in [0.25, 0.3) is 0 Å². The van der Waals surface area contributed by atoms with Gasteiger partial charge in [0.2, 0.25) is 5.71 Å². The smallest absolute Gasteiger partial charge is 0.201 e. The first kappa shape index (κ1) is 16.6. The summed E-state index contributed by atoms with van der Waals surface area (Å²) >= 11 is 1.67. The van der Waals surface area contributed by atoms with Crippen molar-refractivity contribution in [2.24, 2.45) is 10.8 Å². The maximum absolute atomic E-state index is 8.87. The predicted octanol–water partition coefficient (Wildman–Crippen LogP) is 3.51. The highest BCUT2D eigenvalue weighted by Gasteiger charge is 2.05. The van der Waals surface area contributed by atoms with E-state index < -0.39 is 0 Å². The van der Waals surface area contributed by atoms with Crippen molar-refractivity contribution < 1.29 is 0 Å². The zero-order valence-corrected chi connectivity index (χ0v) is 13.5. The van der Waals surface area contributed by atoms with Crippen LogP contribution in [0.3, 0.4) is 0 Å². The van der Waals surface area contributed by atoms with Crippen LogP contribution in [0.2, 0.25) is 0 Å². The van der Waals surface area contributed by atoms with Gasteiger partial charge in [-0.3, -0.25) is 10.8 Å². The number of hydrazone groups is 1. The Balaban J connectivity index is 2.10. The Morgan fingerprint density at radius 3 is 2.61 bits per heavy atom. The summed E-state index contributed by atoms with van der Waals surface area (Å²) in [6, 6.07) is 17.9. The highest BCUT2D eigenvalue weighted by atomic mass is 32.2. The van der Waals surface area contributed by atoms with Gasteiger partial charge in [0.1, 0.15) is 6.07 Å². The third kappa shape index (κ3) is 4.87. The number of hydrogen-bond acceptors (Lipinski definition) is 5. The second-order valence-corrected chi connectivity index (χ2v) is 5.89. The van der Waals surface area contributed by atoms with Crippen molar-refractivity contribution in [1.29, 1.82) is 10.7 Å². The minimum absolute atomic E-state index is 0.136.